The molecule has 1 aliphatic heterocycles. The van der Waals surface area contributed by atoms with Crippen LogP contribution < -0.4 is 5.32 Å². The monoisotopic (exact) mass is 249 g/mol. The van der Waals surface area contributed by atoms with Crippen molar-refractivity contribution in [2.45, 2.75) is 24.9 Å². The summed E-state index contributed by atoms with van der Waals surface area (Å²) < 4.78 is 4.61. The van der Waals surface area contributed by atoms with E-state index in [1.807, 2.05) is 18.2 Å². The third-order valence-corrected chi connectivity index (χ3v) is 3.49. The Bertz CT molecular complexity index is 413. The molecule has 2 N–H and O–H groups in total. The molecule has 18 heavy (non-hydrogen) atoms. The SMILES string of the molecule is COC(=O)C(O)c1ccccc1C1CCNCC1. The Labute approximate surface area is 107 Å². The average Bonchev–Trinajstić information content (AvgIpc) is 2.46. The molecule has 1 unspecified atom stereocenters. The summed E-state index contributed by atoms with van der Waals surface area (Å²) in [6.07, 6.45) is 0.886. The van der Waals surface area contributed by atoms with E-state index in [0.717, 1.165) is 31.5 Å². The Balaban J connectivity index is 2.27. The highest BCUT2D eigenvalue weighted by atomic mass is 16.5. The van der Waals surface area contributed by atoms with E-state index in [2.05, 4.69) is 10.1 Å². The van der Waals surface area contributed by atoms with Crippen LogP contribution >= 0.6 is 0 Å². The molecule has 0 spiro atoms. The van der Waals surface area contributed by atoms with E-state index in [1.54, 1.807) is 6.07 Å². The number of aliphatic hydroxyl groups is 1. The van der Waals surface area contributed by atoms with Gasteiger partial charge in [-0.1, -0.05) is 24.3 Å². The first-order valence-corrected chi connectivity index (χ1v) is 6.29. The Kier molecular flexibility index (Phi) is 4.33. The van der Waals surface area contributed by atoms with Gasteiger partial charge in [0, 0.05) is 0 Å². The van der Waals surface area contributed by atoms with Crippen LogP contribution in [0.15, 0.2) is 24.3 Å². The second kappa shape index (κ2) is 5.98. The number of carbonyl (C=O) groups excluding carboxylic acids is 1. The van der Waals surface area contributed by atoms with E-state index in [0.29, 0.717) is 11.5 Å². The third-order valence-electron chi connectivity index (χ3n) is 3.49. The fourth-order valence-electron chi connectivity index (χ4n) is 2.50. The lowest BCUT2D eigenvalue weighted by molar-refractivity contribution is -0.150. The van der Waals surface area contributed by atoms with Crippen molar-refractivity contribution in [3.05, 3.63) is 35.4 Å². The van der Waals surface area contributed by atoms with Gasteiger partial charge in [-0.3, -0.25) is 0 Å². The van der Waals surface area contributed by atoms with E-state index in [9.17, 15) is 9.90 Å². The molecule has 4 heteroatoms. The predicted octanol–water partition coefficient (Wildman–Crippen LogP) is 1.36. The molecular weight excluding hydrogens is 230 g/mol. The number of rotatable bonds is 3. The standard InChI is InChI=1S/C14H19NO3/c1-18-14(17)13(16)12-5-3-2-4-11(12)10-6-8-15-9-7-10/h2-5,10,13,15-16H,6-9H2,1H3. The number of piperidine rings is 1. The van der Waals surface area contributed by atoms with Gasteiger partial charge in [0.15, 0.2) is 6.10 Å². The highest BCUT2D eigenvalue weighted by Crippen LogP contribution is 2.31. The van der Waals surface area contributed by atoms with Crippen molar-refractivity contribution in [3.63, 3.8) is 0 Å². The Hall–Kier alpha value is -1.39. The van der Waals surface area contributed by atoms with Gasteiger partial charge in [-0.15, -0.1) is 0 Å². The van der Waals surface area contributed by atoms with Gasteiger partial charge < -0.3 is 15.2 Å². The number of carbonyl (C=O) groups is 1. The highest BCUT2D eigenvalue weighted by molar-refractivity contribution is 5.76. The fourth-order valence-corrected chi connectivity index (χ4v) is 2.50. The first-order valence-electron chi connectivity index (χ1n) is 6.29. The quantitative estimate of drug-likeness (QED) is 0.794. The Morgan fingerprint density at radius 2 is 2.06 bits per heavy atom. The average molecular weight is 249 g/mol. The fraction of sp³-hybridized carbons (Fsp3) is 0.500. The van der Waals surface area contributed by atoms with Crippen molar-refractivity contribution in [2.75, 3.05) is 20.2 Å². The van der Waals surface area contributed by atoms with Crippen LogP contribution in [-0.2, 0) is 9.53 Å². The van der Waals surface area contributed by atoms with Crippen LogP contribution in [0.25, 0.3) is 0 Å². The summed E-state index contributed by atoms with van der Waals surface area (Å²) in [5.74, 6) is -0.196. The van der Waals surface area contributed by atoms with Crippen molar-refractivity contribution in [2.24, 2.45) is 0 Å². The normalized spacial score (nSPS) is 18.3. The van der Waals surface area contributed by atoms with Gasteiger partial charge in [-0.05, 0) is 43.0 Å². The molecule has 0 amide bonds. The zero-order valence-corrected chi connectivity index (χ0v) is 10.6. The van der Waals surface area contributed by atoms with Crippen LogP contribution in [0.5, 0.6) is 0 Å². The van der Waals surface area contributed by atoms with E-state index in [4.69, 9.17) is 0 Å². The maximum Gasteiger partial charge on any atom is 0.339 e. The van der Waals surface area contributed by atoms with Crippen LogP contribution in [0.4, 0.5) is 0 Å². The van der Waals surface area contributed by atoms with Gasteiger partial charge >= 0.3 is 5.97 Å². The number of ether oxygens (including phenoxy) is 1. The summed E-state index contributed by atoms with van der Waals surface area (Å²) in [4.78, 5) is 11.5. The Morgan fingerprint density at radius 3 is 2.72 bits per heavy atom. The summed E-state index contributed by atoms with van der Waals surface area (Å²) in [5, 5.41) is 13.3. The smallest absolute Gasteiger partial charge is 0.339 e. The van der Waals surface area contributed by atoms with Crippen LogP contribution in [0, 0.1) is 0 Å². The van der Waals surface area contributed by atoms with Gasteiger partial charge in [-0.2, -0.15) is 0 Å². The largest absolute Gasteiger partial charge is 0.467 e. The third kappa shape index (κ3) is 2.71. The minimum Gasteiger partial charge on any atom is -0.467 e. The molecule has 1 aliphatic rings. The molecule has 2 rings (SSSR count). The lowest BCUT2D eigenvalue weighted by atomic mass is 9.85. The first-order chi connectivity index (χ1) is 8.74. The molecular formula is C14H19NO3. The van der Waals surface area contributed by atoms with Gasteiger partial charge in [0.1, 0.15) is 0 Å². The number of methoxy groups -OCH3 is 1. The molecule has 1 saturated heterocycles. The summed E-state index contributed by atoms with van der Waals surface area (Å²) >= 11 is 0. The second-order valence-corrected chi connectivity index (χ2v) is 4.58. The molecule has 0 bridgehead atoms. The van der Waals surface area contributed by atoms with Gasteiger partial charge in [0.25, 0.3) is 0 Å². The molecule has 1 fully saturated rings. The second-order valence-electron chi connectivity index (χ2n) is 4.58. The maximum atomic E-state index is 11.5. The van der Waals surface area contributed by atoms with Gasteiger partial charge in [-0.25, -0.2) is 4.79 Å². The lowest BCUT2D eigenvalue weighted by Crippen LogP contribution is -2.27. The molecule has 0 aliphatic carbocycles. The predicted molar refractivity (Wildman–Crippen MR) is 68.3 cm³/mol. The molecule has 4 nitrogen and oxygen atoms in total. The number of hydrogen-bond acceptors (Lipinski definition) is 4. The van der Waals surface area contributed by atoms with Crippen molar-refractivity contribution >= 4 is 5.97 Å². The molecule has 0 aromatic heterocycles. The number of esters is 1. The number of aliphatic hydroxyl groups excluding tert-OH is 1. The summed E-state index contributed by atoms with van der Waals surface area (Å²) in [6.45, 7) is 1.96. The molecule has 98 valence electrons. The lowest BCUT2D eigenvalue weighted by Gasteiger charge is -2.26. The van der Waals surface area contributed by atoms with Crippen molar-refractivity contribution in [3.8, 4) is 0 Å². The summed E-state index contributed by atoms with van der Waals surface area (Å²) in [5.41, 5.74) is 1.74. The topological polar surface area (TPSA) is 58.6 Å². The summed E-state index contributed by atoms with van der Waals surface area (Å²) in [7, 11) is 1.29. The zero-order chi connectivity index (χ0) is 13.0. The van der Waals surface area contributed by atoms with Crippen LogP contribution in [0.1, 0.15) is 36.0 Å². The molecule has 1 aromatic rings. The molecule has 0 radical (unpaired) electrons. The van der Waals surface area contributed by atoms with E-state index in [-0.39, 0.29) is 0 Å². The summed E-state index contributed by atoms with van der Waals surface area (Å²) in [6, 6.07) is 7.59. The minimum absolute atomic E-state index is 0.404. The van der Waals surface area contributed by atoms with E-state index >= 15 is 0 Å². The number of hydrogen-bond donors (Lipinski definition) is 2. The first kappa shape index (κ1) is 13.1. The van der Waals surface area contributed by atoms with Crippen molar-refractivity contribution in [1.29, 1.82) is 0 Å². The number of nitrogens with one attached hydrogen (secondary N) is 1. The van der Waals surface area contributed by atoms with Gasteiger partial charge in [0.2, 0.25) is 0 Å². The maximum absolute atomic E-state index is 11.5. The van der Waals surface area contributed by atoms with Crippen molar-refractivity contribution in [1.82, 2.24) is 5.32 Å². The van der Waals surface area contributed by atoms with E-state index < -0.39 is 12.1 Å². The van der Waals surface area contributed by atoms with Gasteiger partial charge in [0.05, 0.1) is 7.11 Å². The zero-order valence-electron chi connectivity index (χ0n) is 10.6. The molecule has 1 aromatic carbocycles. The Morgan fingerprint density at radius 1 is 1.39 bits per heavy atom. The van der Waals surface area contributed by atoms with Crippen LogP contribution in [0.2, 0.25) is 0 Å². The van der Waals surface area contributed by atoms with Crippen LogP contribution in [-0.4, -0.2) is 31.3 Å². The minimum atomic E-state index is -1.18. The molecule has 1 atom stereocenters. The number of benzene rings is 1. The van der Waals surface area contributed by atoms with Crippen molar-refractivity contribution < 1.29 is 14.6 Å². The highest BCUT2D eigenvalue weighted by Gasteiger charge is 2.25. The molecule has 1 heterocycles. The van der Waals surface area contributed by atoms with Crippen LogP contribution in [0.3, 0.4) is 0 Å². The molecule has 0 saturated carbocycles. The van der Waals surface area contributed by atoms with E-state index in [1.165, 1.54) is 7.11 Å².